The van der Waals surface area contributed by atoms with Crippen LogP contribution in [0.4, 0.5) is 11.8 Å². The predicted molar refractivity (Wildman–Crippen MR) is 150 cm³/mol. The second-order valence-corrected chi connectivity index (χ2v) is 8.86. The number of fused-ring (bicyclic) bond motifs is 1. The lowest BCUT2D eigenvalue weighted by atomic mass is 10.0. The topological polar surface area (TPSA) is 138 Å². The van der Waals surface area contributed by atoms with E-state index in [1.807, 2.05) is 66.3 Å². The number of benzene rings is 2. The number of anilines is 2. The van der Waals surface area contributed by atoms with Crippen molar-refractivity contribution in [3.8, 4) is 16.8 Å². The Morgan fingerprint density at radius 3 is 2.37 bits per heavy atom. The molecule has 4 N–H and O–H groups in total. The van der Waals surface area contributed by atoms with Crippen molar-refractivity contribution in [3.05, 3.63) is 94.8 Å². The molecule has 0 unspecified atom stereocenters. The Morgan fingerprint density at radius 2 is 1.76 bits per heavy atom. The highest BCUT2D eigenvalue weighted by Gasteiger charge is 2.15. The maximum absolute atomic E-state index is 13.4. The maximum atomic E-state index is 13.4. The quantitative estimate of drug-likeness (QED) is 0.378. The van der Waals surface area contributed by atoms with Crippen LogP contribution < -0.4 is 17.0 Å². The molecule has 0 saturated carbocycles. The van der Waals surface area contributed by atoms with Crippen molar-refractivity contribution < 1.29 is 4.79 Å². The Hall–Kier alpha value is -4.99. The molecule has 194 valence electrons. The summed E-state index contributed by atoms with van der Waals surface area (Å²) in [7, 11) is 5.13. The first-order valence-electron chi connectivity index (χ1n) is 12.0. The van der Waals surface area contributed by atoms with Gasteiger partial charge in [0.05, 0.1) is 11.6 Å². The van der Waals surface area contributed by atoms with Crippen molar-refractivity contribution in [1.29, 1.82) is 0 Å². The molecule has 0 fully saturated rings. The molecule has 0 aliphatic carbocycles. The Morgan fingerprint density at radius 1 is 1.03 bits per heavy atom. The molecule has 3 aromatic heterocycles. The normalized spacial score (nSPS) is 10.6. The van der Waals surface area contributed by atoms with E-state index in [4.69, 9.17) is 11.5 Å². The first-order valence-corrected chi connectivity index (χ1v) is 12.0. The second-order valence-electron chi connectivity index (χ2n) is 8.86. The highest BCUT2D eigenvalue weighted by atomic mass is 16.2. The summed E-state index contributed by atoms with van der Waals surface area (Å²) in [4.78, 5) is 33.6. The molecule has 0 atom stereocenters. The largest absolute Gasteiger partial charge is 0.383 e. The van der Waals surface area contributed by atoms with Crippen LogP contribution in [0.2, 0.25) is 0 Å². The zero-order chi connectivity index (χ0) is 27.4. The summed E-state index contributed by atoms with van der Waals surface area (Å²) in [5, 5.41) is 5.95. The number of amides is 1. The van der Waals surface area contributed by atoms with Crippen LogP contribution >= 0.6 is 0 Å². The van der Waals surface area contributed by atoms with E-state index in [1.165, 1.54) is 11.1 Å². The first-order chi connectivity index (χ1) is 18.2. The van der Waals surface area contributed by atoms with Gasteiger partial charge in [0, 0.05) is 50.5 Å². The first kappa shape index (κ1) is 26.1. The van der Waals surface area contributed by atoms with E-state index in [1.54, 1.807) is 25.0 Å². The van der Waals surface area contributed by atoms with Gasteiger partial charge in [0.1, 0.15) is 11.4 Å². The molecule has 0 spiro atoms. The van der Waals surface area contributed by atoms with Crippen molar-refractivity contribution in [1.82, 2.24) is 29.2 Å². The zero-order valence-corrected chi connectivity index (χ0v) is 21.8. The molecule has 5 aromatic rings. The molecule has 1 amide bonds. The third kappa shape index (κ3) is 5.24. The SMILES string of the molecule is CCc1cc2cccc(-c3cnn(C)c3)c2c(=O)n1-c1ccccc1.CN(C)C(=O)c1cnc(N)nc1N. The second kappa shape index (κ2) is 11.0. The zero-order valence-electron chi connectivity index (χ0n) is 21.8. The van der Waals surface area contributed by atoms with Gasteiger partial charge in [0.25, 0.3) is 11.5 Å². The predicted octanol–water partition coefficient (Wildman–Crippen LogP) is 3.30. The van der Waals surface area contributed by atoms with Crippen LogP contribution in [-0.2, 0) is 13.5 Å². The van der Waals surface area contributed by atoms with E-state index in [2.05, 4.69) is 28.1 Å². The summed E-state index contributed by atoms with van der Waals surface area (Å²) in [5.74, 6) is -0.0727. The number of carbonyl (C=O) groups excluding carboxylic acids is 1. The molecule has 0 saturated heterocycles. The molecule has 0 radical (unpaired) electrons. The minimum absolute atomic E-state index is 0.0139. The monoisotopic (exact) mass is 510 g/mol. The summed E-state index contributed by atoms with van der Waals surface area (Å²) in [6.07, 6.45) is 5.85. The summed E-state index contributed by atoms with van der Waals surface area (Å²) in [6, 6.07) is 17.9. The molecular weight excluding hydrogens is 480 g/mol. The standard InChI is InChI=1S/C21H19N3O.C7H11N5O/c1-3-17-12-15-8-7-11-19(16-13-22-23(2)14-16)20(15)21(25)24(17)18-9-5-4-6-10-18;1-12(2)6(13)4-3-10-7(9)11-5(4)8/h4-14H,3H2,1-2H3;3H,1-2H3,(H4,8,9,10,11). The van der Waals surface area contributed by atoms with Crippen molar-refractivity contribution in [2.45, 2.75) is 13.3 Å². The van der Waals surface area contributed by atoms with Gasteiger partial charge in [-0.25, -0.2) is 4.98 Å². The molecule has 0 aliphatic rings. The number of aromatic nitrogens is 5. The summed E-state index contributed by atoms with van der Waals surface area (Å²) < 4.78 is 3.58. The van der Waals surface area contributed by atoms with E-state index in [0.29, 0.717) is 0 Å². The van der Waals surface area contributed by atoms with Gasteiger partial charge in [-0.2, -0.15) is 10.1 Å². The van der Waals surface area contributed by atoms with Gasteiger partial charge in [0.2, 0.25) is 5.95 Å². The van der Waals surface area contributed by atoms with Gasteiger partial charge in [-0.3, -0.25) is 18.8 Å². The highest BCUT2D eigenvalue weighted by Crippen LogP contribution is 2.27. The number of nitrogens with zero attached hydrogens (tertiary/aromatic N) is 6. The maximum Gasteiger partial charge on any atom is 0.263 e. The number of hydrogen-bond acceptors (Lipinski definition) is 7. The minimum atomic E-state index is -0.238. The van der Waals surface area contributed by atoms with Crippen LogP contribution in [0.1, 0.15) is 23.0 Å². The highest BCUT2D eigenvalue weighted by molar-refractivity contribution is 5.98. The molecular formula is C28H30N8O2. The molecule has 0 bridgehead atoms. The average molecular weight is 511 g/mol. The Labute approximate surface area is 220 Å². The number of nitrogen functional groups attached to an aromatic ring is 2. The molecule has 10 nitrogen and oxygen atoms in total. The van der Waals surface area contributed by atoms with Crippen molar-refractivity contribution in [2.75, 3.05) is 25.6 Å². The van der Waals surface area contributed by atoms with Crippen LogP contribution in [0.5, 0.6) is 0 Å². The molecule has 0 aliphatic heterocycles. The van der Waals surface area contributed by atoms with Gasteiger partial charge < -0.3 is 16.4 Å². The van der Waals surface area contributed by atoms with Crippen molar-refractivity contribution in [3.63, 3.8) is 0 Å². The van der Waals surface area contributed by atoms with Crippen molar-refractivity contribution >= 4 is 28.4 Å². The number of carbonyl (C=O) groups is 1. The van der Waals surface area contributed by atoms with Gasteiger partial charge in [0.15, 0.2) is 0 Å². The lowest BCUT2D eigenvalue weighted by Crippen LogP contribution is -2.23. The number of aryl methyl sites for hydroxylation is 2. The van der Waals surface area contributed by atoms with Crippen LogP contribution in [0, 0.1) is 0 Å². The summed E-state index contributed by atoms with van der Waals surface area (Å²) in [6.45, 7) is 2.07. The van der Waals surface area contributed by atoms with Crippen LogP contribution in [0.25, 0.3) is 27.6 Å². The van der Waals surface area contributed by atoms with Gasteiger partial charge in [-0.1, -0.05) is 43.3 Å². The van der Waals surface area contributed by atoms with Gasteiger partial charge >= 0.3 is 0 Å². The fourth-order valence-corrected chi connectivity index (χ4v) is 4.15. The third-order valence-corrected chi connectivity index (χ3v) is 5.99. The lowest BCUT2D eigenvalue weighted by Gasteiger charge is -2.15. The molecule has 5 rings (SSSR count). The van der Waals surface area contributed by atoms with Crippen LogP contribution in [0.15, 0.2) is 78.0 Å². The van der Waals surface area contributed by atoms with Gasteiger partial charge in [-0.15, -0.1) is 0 Å². The van der Waals surface area contributed by atoms with E-state index in [9.17, 15) is 9.59 Å². The summed E-state index contributed by atoms with van der Waals surface area (Å²) in [5.41, 5.74) is 14.8. The van der Waals surface area contributed by atoms with E-state index < -0.39 is 0 Å². The van der Waals surface area contributed by atoms with Gasteiger partial charge in [-0.05, 0) is 35.6 Å². The van der Waals surface area contributed by atoms with E-state index >= 15 is 0 Å². The number of hydrogen-bond donors (Lipinski definition) is 2. The Balaban J connectivity index is 0.000000219. The number of para-hydroxylation sites is 1. The third-order valence-electron chi connectivity index (χ3n) is 5.99. The number of nitrogens with two attached hydrogens (primary N) is 2. The Kier molecular flexibility index (Phi) is 7.52. The fourth-order valence-electron chi connectivity index (χ4n) is 4.15. The number of pyridine rings is 1. The van der Waals surface area contributed by atoms with Crippen LogP contribution in [0.3, 0.4) is 0 Å². The molecule has 2 aromatic carbocycles. The molecule has 3 heterocycles. The Bertz CT molecular complexity index is 1660. The average Bonchev–Trinajstić information content (AvgIpc) is 3.34. The fraction of sp³-hybridized carbons (Fsp3) is 0.179. The van der Waals surface area contributed by atoms with E-state index in [-0.39, 0.29) is 28.8 Å². The number of rotatable bonds is 4. The van der Waals surface area contributed by atoms with Crippen LogP contribution in [-0.4, -0.2) is 49.2 Å². The smallest absolute Gasteiger partial charge is 0.263 e. The van der Waals surface area contributed by atoms with Crippen molar-refractivity contribution in [2.24, 2.45) is 7.05 Å². The molecule has 38 heavy (non-hydrogen) atoms. The lowest BCUT2D eigenvalue weighted by molar-refractivity contribution is 0.0828. The van der Waals surface area contributed by atoms with E-state index in [0.717, 1.165) is 39.7 Å². The molecule has 10 heteroatoms. The summed E-state index contributed by atoms with van der Waals surface area (Å²) >= 11 is 0. The minimum Gasteiger partial charge on any atom is -0.383 e.